The van der Waals surface area contributed by atoms with Crippen LogP contribution in [0, 0.1) is 34.5 Å². The lowest BCUT2D eigenvalue weighted by Crippen LogP contribution is -2.64. The molecule has 5 rings (SSSR count). The van der Waals surface area contributed by atoms with Gasteiger partial charge in [-0.05, 0) is 98.0 Å². The highest BCUT2D eigenvalue weighted by atomic mass is 28.2. The summed E-state index contributed by atoms with van der Waals surface area (Å²) in [5.74, 6) is 2.19. The van der Waals surface area contributed by atoms with Gasteiger partial charge in [0, 0.05) is 17.1 Å². The van der Waals surface area contributed by atoms with Crippen LogP contribution in [-0.2, 0) is 10.0 Å². The normalized spacial score (nSPS) is 47.1. The first-order valence-electron chi connectivity index (χ1n) is 14.0. The van der Waals surface area contributed by atoms with Gasteiger partial charge in [0.1, 0.15) is 5.60 Å². The summed E-state index contributed by atoms with van der Waals surface area (Å²) in [6, 6.07) is 1.90. The Labute approximate surface area is 209 Å². The van der Waals surface area contributed by atoms with Gasteiger partial charge < -0.3 is 19.1 Å². The Kier molecular flexibility index (Phi) is 6.03. The molecule has 0 unspecified atom stereocenters. The lowest BCUT2D eigenvalue weighted by atomic mass is 9.43. The molecular formula is C29H48O4Si. The molecule has 1 aromatic rings. The van der Waals surface area contributed by atoms with Gasteiger partial charge in [-0.25, -0.2) is 0 Å². The third-order valence-corrected chi connectivity index (χ3v) is 14.4. The topological polar surface area (TPSA) is 62.8 Å². The maximum absolute atomic E-state index is 12.4. The molecule has 1 heterocycles. The smallest absolute Gasteiger partial charge is 0.167 e. The summed E-state index contributed by atoms with van der Waals surface area (Å²) in [7, 11) is -0.567. The van der Waals surface area contributed by atoms with Crippen LogP contribution in [0.25, 0.3) is 0 Å². The molecule has 0 saturated heterocycles. The first-order valence-corrected chi connectivity index (χ1v) is 15.2. The van der Waals surface area contributed by atoms with Crippen molar-refractivity contribution >= 4 is 9.76 Å². The van der Waals surface area contributed by atoms with Crippen molar-refractivity contribution in [2.75, 3.05) is 0 Å². The van der Waals surface area contributed by atoms with E-state index in [9.17, 15) is 10.2 Å². The Morgan fingerprint density at radius 3 is 2.47 bits per heavy atom. The highest BCUT2D eigenvalue weighted by molar-refractivity contribution is 6.32. The summed E-state index contributed by atoms with van der Waals surface area (Å²) >= 11 is 0. The van der Waals surface area contributed by atoms with Crippen LogP contribution in [0.3, 0.4) is 0 Å². The van der Waals surface area contributed by atoms with E-state index in [1.807, 2.05) is 6.07 Å². The standard InChI is InChI=1S/C29H48O4Si/c1-19(2)25(3,4)34-33-22-9-12-26(5)20(17-22)7-8-24-23(26)10-13-27(6)28(30,14-15-29(24,27)31)21-11-16-32-18-21/h11,16,18-20,22-24,30-31H,7-10,12-15,17,34H2,1-6H3/t20-,22+,23+,24-,26+,27-,28+,29+/m1/s1. The Balaban J connectivity index is 1.33. The van der Waals surface area contributed by atoms with E-state index in [1.54, 1.807) is 12.5 Å². The largest absolute Gasteiger partial charge is 0.472 e. The van der Waals surface area contributed by atoms with Crippen molar-refractivity contribution in [3.05, 3.63) is 24.2 Å². The van der Waals surface area contributed by atoms with Crippen molar-refractivity contribution < 1.29 is 19.1 Å². The fourth-order valence-corrected chi connectivity index (χ4v) is 10.1. The average Bonchev–Trinajstić information content (AvgIpc) is 3.40. The number of furan rings is 1. The summed E-state index contributed by atoms with van der Waals surface area (Å²) in [5.41, 5.74) is -1.21. The van der Waals surface area contributed by atoms with E-state index in [4.69, 9.17) is 8.84 Å². The van der Waals surface area contributed by atoms with Gasteiger partial charge in [-0.15, -0.1) is 0 Å². The number of hydrogen-bond acceptors (Lipinski definition) is 4. The monoisotopic (exact) mass is 488 g/mol. The van der Waals surface area contributed by atoms with Gasteiger partial charge >= 0.3 is 0 Å². The highest BCUT2D eigenvalue weighted by Crippen LogP contribution is 2.71. The van der Waals surface area contributed by atoms with Crippen molar-refractivity contribution in [3.63, 3.8) is 0 Å². The van der Waals surface area contributed by atoms with E-state index in [-0.39, 0.29) is 11.3 Å². The fraction of sp³-hybridized carbons (Fsp3) is 0.862. The Hall–Kier alpha value is -0.623. The van der Waals surface area contributed by atoms with Crippen LogP contribution in [0.1, 0.15) is 105 Å². The zero-order valence-electron chi connectivity index (χ0n) is 22.4. The van der Waals surface area contributed by atoms with Gasteiger partial charge in [-0.1, -0.05) is 41.5 Å². The molecule has 0 radical (unpaired) electrons. The maximum Gasteiger partial charge on any atom is 0.167 e. The quantitative estimate of drug-likeness (QED) is 0.503. The minimum absolute atomic E-state index is 0.278. The second-order valence-corrected chi connectivity index (χ2v) is 16.5. The molecule has 34 heavy (non-hydrogen) atoms. The molecule has 1 aromatic heterocycles. The zero-order valence-corrected chi connectivity index (χ0v) is 23.8. The van der Waals surface area contributed by atoms with Gasteiger partial charge in [0.05, 0.1) is 18.1 Å². The van der Waals surface area contributed by atoms with Gasteiger partial charge in [0.25, 0.3) is 0 Å². The predicted octanol–water partition coefficient (Wildman–Crippen LogP) is 5.95. The van der Waals surface area contributed by atoms with Crippen LogP contribution in [0.4, 0.5) is 0 Å². The van der Waals surface area contributed by atoms with Gasteiger partial charge in [-0.3, -0.25) is 0 Å². The Morgan fingerprint density at radius 2 is 1.79 bits per heavy atom. The van der Waals surface area contributed by atoms with E-state index < -0.39 is 26.4 Å². The molecule has 0 aromatic carbocycles. The first kappa shape index (κ1) is 25.0. The second-order valence-electron chi connectivity index (χ2n) is 14.0. The molecular weight excluding hydrogens is 440 g/mol. The predicted molar refractivity (Wildman–Crippen MR) is 138 cm³/mol. The van der Waals surface area contributed by atoms with Crippen LogP contribution in [0.2, 0.25) is 5.04 Å². The highest BCUT2D eigenvalue weighted by Gasteiger charge is 2.72. The Morgan fingerprint density at radius 1 is 1.03 bits per heavy atom. The van der Waals surface area contributed by atoms with Crippen molar-refractivity contribution in [2.45, 2.75) is 122 Å². The Bertz CT molecular complexity index is 883. The van der Waals surface area contributed by atoms with Crippen molar-refractivity contribution in [1.29, 1.82) is 0 Å². The third-order valence-electron chi connectivity index (χ3n) is 12.2. The summed E-state index contributed by atoms with van der Waals surface area (Å²) in [6.45, 7) is 14.1. The van der Waals surface area contributed by atoms with Gasteiger partial charge in [0.2, 0.25) is 0 Å². The third kappa shape index (κ3) is 3.39. The maximum atomic E-state index is 12.4. The van der Waals surface area contributed by atoms with Crippen LogP contribution < -0.4 is 0 Å². The minimum atomic E-state index is -1.00. The molecule has 4 nitrogen and oxygen atoms in total. The molecule has 0 spiro atoms. The molecule has 4 saturated carbocycles. The number of aliphatic hydroxyl groups is 2. The molecule has 0 amide bonds. The second kappa shape index (κ2) is 8.19. The van der Waals surface area contributed by atoms with Crippen molar-refractivity contribution in [3.8, 4) is 0 Å². The van der Waals surface area contributed by atoms with E-state index in [0.29, 0.717) is 41.7 Å². The summed E-state index contributed by atoms with van der Waals surface area (Å²) in [5, 5.41) is 24.6. The summed E-state index contributed by atoms with van der Waals surface area (Å²) in [6.07, 6.45) is 12.9. The van der Waals surface area contributed by atoms with Crippen LogP contribution in [0.5, 0.6) is 0 Å². The molecule has 4 aliphatic rings. The molecule has 8 atom stereocenters. The number of fused-ring (bicyclic) bond motifs is 5. The SMILES string of the molecule is CC(C)C(C)(C)[SiH2]O[C@H]1CC[C@@]2(C)[C@H](CC[C@@H]3[C@@H]2CC[C@]2(C)[C@@](O)(c4ccoc4)CC[C@]32O)C1. The van der Waals surface area contributed by atoms with Gasteiger partial charge in [0.15, 0.2) is 9.76 Å². The molecule has 192 valence electrons. The lowest BCUT2D eigenvalue weighted by Gasteiger charge is -2.64. The van der Waals surface area contributed by atoms with Crippen LogP contribution in [-0.4, -0.2) is 31.7 Å². The first-order chi connectivity index (χ1) is 15.9. The summed E-state index contributed by atoms with van der Waals surface area (Å²) < 4.78 is 12.0. The summed E-state index contributed by atoms with van der Waals surface area (Å²) in [4.78, 5) is 0. The zero-order chi connectivity index (χ0) is 24.6. The molecule has 4 fully saturated rings. The van der Waals surface area contributed by atoms with E-state index >= 15 is 0 Å². The molecule has 5 heteroatoms. The minimum Gasteiger partial charge on any atom is -0.472 e. The molecule has 0 aliphatic heterocycles. The fourth-order valence-electron chi connectivity index (χ4n) is 8.82. The van der Waals surface area contributed by atoms with E-state index in [0.717, 1.165) is 24.8 Å². The lowest BCUT2D eigenvalue weighted by molar-refractivity contribution is -0.238. The molecule has 2 N–H and O–H groups in total. The number of rotatable bonds is 5. The average molecular weight is 489 g/mol. The van der Waals surface area contributed by atoms with E-state index in [2.05, 4.69) is 41.5 Å². The number of hydrogen-bond donors (Lipinski definition) is 2. The molecule has 0 bridgehead atoms. The van der Waals surface area contributed by atoms with Crippen molar-refractivity contribution in [2.24, 2.45) is 34.5 Å². The van der Waals surface area contributed by atoms with Crippen LogP contribution in [0.15, 0.2) is 23.0 Å². The molecule has 4 aliphatic carbocycles. The van der Waals surface area contributed by atoms with Crippen molar-refractivity contribution in [1.82, 2.24) is 0 Å². The van der Waals surface area contributed by atoms with Gasteiger partial charge in [-0.2, -0.15) is 0 Å². The van der Waals surface area contributed by atoms with E-state index in [1.165, 1.54) is 25.7 Å². The van der Waals surface area contributed by atoms with Crippen LogP contribution >= 0.6 is 0 Å².